The van der Waals surface area contributed by atoms with Gasteiger partial charge >= 0.3 is 6.09 Å². The van der Waals surface area contributed by atoms with E-state index in [2.05, 4.69) is 5.32 Å². The molecule has 1 saturated heterocycles. The molecule has 154 valence electrons. The van der Waals surface area contributed by atoms with E-state index in [9.17, 15) is 14.3 Å². The van der Waals surface area contributed by atoms with Crippen molar-refractivity contribution in [2.24, 2.45) is 0 Å². The molecule has 1 heterocycles. The average Bonchev–Trinajstić information content (AvgIpc) is 2.56. The lowest BCUT2D eigenvalue weighted by molar-refractivity contribution is -0.271. The average molecular weight is 394 g/mol. The number of ether oxygens (including phenoxy) is 3. The molecule has 1 fully saturated rings. The van der Waals surface area contributed by atoms with Gasteiger partial charge in [0.25, 0.3) is 0 Å². The maximum atomic E-state index is 14.3. The maximum Gasteiger partial charge on any atom is 0.408 e. The molecule has 0 saturated carbocycles. The van der Waals surface area contributed by atoms with Crippen LogP contribution in [0.3, 0.4) is 0 Å². The van der Waals surface area contributed by atoms with Crippen molar-refractivity contribution in [2.75, 3.05) is 13.2 Å². The Balaban J connectivity index is 2.18. The number of alkyl carbamates (subject to hydrolysis) is 1. The van der Waals surface area contributed by atoms with E-state index < -0.39 is 28.8 Å². The number of benzene rings is 1. The van der Waals surface area contributed by atoms with Crippen LogP contribution >= 0.6 is 0 Å². The summed E-state index contributed by atoms with van der Waals surface area (Å²) in [7, 11) is 0. The summed E-state index contributed by atoms with van der Waals surface area (Å²) in [6, 6.07) is 3.95. The number of carbonyl (C=O) groups excluding carboxylic acids is 1. The number of hydrogen-bond donors (Lipinski definition) is 2. The van der Waals surface area contributed by atoms with Crippen molar-refractivity contribution in [3.05, 3.63) is 29.1 Å². The predicted octanol–water partition coefficient (Wildman–Crippen LogP) is 3.38. The van der Waals surface area contributed by atoms with Crippen molar-refractivity contribution >= 4 is 6.09 Å². The number of phenolic OH excluding ortho intramolecular Hbond substituents is 1. The van der Waals surface area contributed by atoms with Crippen LogP contribution in [0.4, 0.5) is 9.18 Å². The molecule has 0 radical (unpaired) electrons. The zero-order valence-corrected chi connectivity index (χ0v) is 16.9. The molecule has 1 aromatic rings. The molecule has 0 spiro atoms. The Morgan fingerprint density at radius 3 is 2.50 bits per heavy atom. The van der Waals surface area contributed by atoms with E-state index in [0.717, 1.165) is 6.07 Å². The first-order valence-electron chi connectivity index (χ1n) is 9.05. The number of aromatic hydroxyl groups is 1. The van der Waals surface area contributed by atoms with Gasteiger partial charge in [0.05, 0.1) is 24.3 Å². The van der Waals surface area contributed by atoms with E-state index in [-0.39, 0.29) is 42.9 Å². The molecule has 7 nitrogen and oxygen atoms in total. The number of rotatable bonds is 4. The molecule has 28 heavy (non-hydrogen) atoms. The van der Waals surface area contributed by atoms with E-state index in [1.165, 1.54) is 6.07 Å². The van der Waals surface area contributed by atoms with E-state index >= 15 is 0 Å². The highest BCUT2D eigenvalue weighted by atomic mass is 19.1. The smallest absolute Gasteiger partial charge is 0.408 e. The Hall–Kier alpha value is -2.37. The third-order valence-electron chi connectivity index (χ3n) is 4.32. The quantitative estimate of drug-likeness (QED) is 0.812. The molecule has 2 N–H and O–H groups in total. The van der Waals surface area contributed by atoms with Gasteiger partial charge in [0, 0.05) is 0 Å². The lowest BCUT2D eigenvalue weighted by Crippen LogP contribution is -2.61. The van der Waals surface area contributed by atoms with E-state index in [1.807, 2.05) is 0 Å². The first-order valence-corrected chi connectivity index (χ1v) is 9.05. The van der Waals surface area contributed by atoms with Crippen LogP contribution in [0.15, 0.2) is 12.1 Å². The highest BCUT2D eigenvalue weighted by Gasteiger charge is 2.42. The molecule has 0 atom stereocenters. The third-order valence-corrected chi connectivity index (χ3v) is 4.32. The molecule has 1 amide bonds. The topological polar surface area (TPSA) is 101 Å². The second kappa shape index (κ2) is 7.94. The number of nitrogens with one attached hydrogen (secondary N) is 1. The zero-order valence-electron chi connectivity index (χ0n) is 16.9. The summed E-state index contributed by atoms with van der Waals surface area (Å²) in [5, 5.41) is 21.5. The molecule has 1 aliphatic heterocycles. The largest absolute Gasteiger partial charge is 0.507 e. The fourth-order valence-corrected chi connectivity index (χ4v) is 2.77. The van der Waals surface area contributed by atoms with Crippen molar-refractivity contribution in [2.45, 2.75) is 64.4 Å². The molecule has 8 heteroatoms. The number of nitriles is 1. The number of halogens is 1. The van der Waals surface area contributed by atoms with Crippen LogP contribution in [0.5, 0.6) is 5.75 Å². The minimum Gasteiger partial charge on any atom is -0.507 e. The first-order chi connectivity index (χ1) is 12.8. The maximum absolute atomic E-state index is 14.3. The lowest BCUT2D eigenvalue weighted by Gasteiger charge is -2.44. The monoisotopic (exact) mass is 394 g/mol. The number of aryl methyl sites for hydroxylation is 1. The summed E-state index contributed by atoms with van der Waals surface area (Å²) in [6.07, 6.45) is -0.152. The molecule has 0 aromatic heterocycles. The van der Waals surface area contributed by atoms with Crippen molar-refractivity contribution in [3.63, 3.8) is 0 Å². The van der Waals surface area contributed by atoms with Gasteiger partial charge in [-0.15, -0.1) is 0 Å². The molecule has 2 rings (SSSR count). The van der Waals surface area contributed by atoms with Crippen LogP contribution in [0.25, 0.3) is 0 Å². The Labute approximate surface area is 164 Å². The van der Waals surface area contributed by atoms with Gasteiger partial charge in [-0.05, 0) is 65.2 Å². The second-order valence-electron chi connectivity index (χ2n) is 8.46. The molecule has 0 bridgehead atoms. The summed E-state index contributed by atoms with van der Waals surface area (Å²) < 4.78 is 31.0. The normalized spacial score (nSPS) is 18.2. The van der Waals surface area contributed by atoms with Crippen LogP contribution in [-0.4, -0.2) is 41.3 Å². The van der Waals surface area contributed by atoms with Crippen LogP contribution < -0.4 is 5.32 Å². The van der Waals surface area contributed by atoms with Crippen molar-refractivity contribution in [1.82, 2.24) is 5.32 Å². The fraction of sp³-hybridized carbons (Fsp3) is 0.600. The standard InChI is InChI=1S/C20H27FN2O5/c1-18(2,3)28-17(25)23-20(11-26-19(4,5)27-12-20)7-6-13-9-16(24)14(10-22)8-15(13)21/h8-9,24H,6-7,11-12H2,1-5H3,(H,23,25). The summed E-state index contributed by atoms with van der Waals surface area (Å²) in [6.45, 7) is 9.11. The zero-order chi connectivity index (χ0) is 21.2. The van der Waals surface area contributed by atoms with Gasteiger partial charge < -0.3 is 24.6 Å². The lowest BCUT2D eigenvalue weighted by atomic mass is 9.91. The molecule has 1 aliphatic rings. The van der Waals surface area contributed by atoms with Crippen LogP contribution in [-0.2, 0) is 20.6 Å². The van der Waals surface area contributed by atoms with Gasteiger partial charge in [0.2, 0.25) is 0 Å². The van der Waals surface area contributed by atoms with E-state index in [4.69, 9.17) is 19.5 Å². The molecule has 1 aromatic carbocycles. The summed E-state index contributed by atoms with van der Waals surface area (Å²) >= 11 is 0. The van der Waals surface area contributed by atoms with E-state index in [0.29, 0.717) is 0 Å². The van der Waals surface area contributed by atoms with Gasteiger partial charge in [-0.3, -0.25) is 0 Å². The molecular weight excluding hydrogens is 367 g/mol. The highest BCUT2D eigenvalue weighted by Crippen LogP contribution is 2.29. The summed E-state index contributed by atoms with van der Waals surface area (Å²) in [4.78, 5) is 12.3. The number of nitrogens with zero attached hydrogens (tertiary/aromatic N) is 1. The Morgan fingerprint density at radius 2 is 1.96 bits per heavy atom. The van der Waals surface area contributed by atoms with Crippen LogP contribution in [0.2, 0.25) is 0 Å². The molecule has 0 aliphatic carbocycles. The number of carbonyl (C=O) groups is 1. The second-order valence-corrected chi connectivity index (χ2v) is 8.46. The number of hydrogen-bond acceptors (Lipinski definition) is 6. The summed E-state index contributed by atoms with van der Waals surface area (Å²) in [5.74, 6) is -1.68. The minimum atomic E-state index is -0.923. The fourth-order valence-electron chi connectivity index (χ4n) is 2.77. The molecule has 0 unspecified atom stereocenters. The predicted molar refractivity (Wildman–Crippen MR) is 99.2 cm³/mol. The summed E-state index contributed by atoms with van der Waals surface area (Å²) in [5.41, 5.74) is -1.50. The van der Waals surface area contributed by atoms with Gasteiger partial charge in [0.1, 0.15) is 23.2 Å². The van der Waals surface area contributed by atoms with Gasteiger partial charge in [-0.2, -0.15) is 5.26 Å². The van der Waals surface area contributed by atoms with E-state index in [1.54, 1.807) is 40.7 Å². The van der Waals surface area contributed by atoms with Crippen LogP contribution in [0, 0.1) is 17.1 Å². The Kier molecular flexibility index (Phi) is 6.21. The van der Waals surface area contributed by atoms with Gasteiger partial charge in [-0.1, -0.05) is 0 Å². The van der Waals surface area contributed by atoms with Crippen molar-refractivity contribution < 1.29 is 28.5 Å². The first kappa shape index (κ1) is 21.9. The Morgan fingerprint density at radius 1 is 1.36 bits per heavy atom. The Bertz CT molecular complexity index is 770. The minimum absolute atomic E-state index is 0.131. The van der Waals surface area contributed by atoms with Gasteiger partial charge in [0.15, 0.2) is 5.79 Å². The van der Waals surface area contributed by atoms with Crippen molar-refractivity contribution in [3.8, 4) is 11.8 Å². The molecular formula is C20H27FN2O5. The van der Waals surface area contributed by atoms with Crippen molar-refractivity contribution in [1.29, 1.82) is 5.26 Å². The number of amides is 1. The van der Waals surface area contributed by atoms with Gasteiger partial charge in [-0.25, -0.2) is 9.18 Å². The number of phenols is 1. The van der Waals surface area contributed by atoms with Crippen LogP contribution in [0.1, 0.15) is 52.2 Å². The highest BCUT2D eigenvalue weighted by molar-refractivity contribution is 5.69. The SMILES string of the molecule is CC(C)(C)OC(=O)NC1(CCc2cc(O)c(C#N)cc2F)COC(C)(C)OC1. The third kappa shape index (κ3) is 5.81.